The topological polar surface area (TPSA) is 21.6 Å². The van der Waals surface area contributed by atoms with Crippen LogP contribution in [0.3, 0.4) is 0 Å². The third kappa shape index (κ3) is 2.51. The molecule has 0 atom stereocenters. The fourth-order valence-corrected chi connectivity index (χ4v) is 2.09. The average molecular weight is 274 g/mol. The van der Waals surface area contributed by atoms with Gasteiger partial charge in [-0.25, -0.2) is 0 Å². The van der Waals surface area contributed by atoms with Crippen molar-refractivity contribution in [1.29, 1.82) is 0 Å². The molecule has 14 heavy (non-hydrogen) atoms. The summed E-state index contributed by atoms with van der Waals surface area (Å²) in [5.74, 6) is 0.850. The predicted octanol–water partition coefficient (Wildman–Crippen LogP) is 3.20. The number of methoxy groups -OCH3 is 1. The molecule has 0 unspecified atom stereocenters. The van der Waals surface area contributed by atoms with Crippen LogP contribution in [-0.4, -0.2) is 25.5 Å². The summed E-state index contributed by atoms with van der Waals surface area (Å²) < 4.78 is 6.30. The summed E-state index contributed by atoms with van der Waals surface area (Å²) in [6, 6.07) is 5.90. The van der Waals surface area contributed by atoms with Crippen molar-refractivity contribution in [3.05, 3.63) is 28.2 Å². The van der Waals surface area contributed by atoms with Crippen LogP contribution in [0.15, 0.2) is 27.7 Å². The van der Waals surface area contributed by atoms with Gasteiger partial charge in [0.2, 0.25) is 0 Å². The second-order valence-electron chi connectivity index (χ2n) is 2.58. The highest BCUT2D eigenvalue weighted by atomic mass is 79.9. The van der Waals surface area contributed by atoms with Gasteiger partial charge >= 0.3 is 0 Å². The second kappa shape index (κ2) is 5.41. The molecular weight excluding hydrogens is 262 g/mol. The number of aliphatic imine (C=N–C) groups is 1. The fraction of sp³-hybridized carbons (Fsp3) is 0.300. The number of hydrogen-bond acceptors (Lipinski definition) is 3. The van der Waals surface area contributed by atoms with Crippen molar-refractivity contribution in [2.24, 2.45) is 4.99 Å². The minimum Gasteiger partial charge on any atom is -0.496 e. The number of rotatable bonds is 2. The molecule has 1 aromatic carbocycles. The molecule has 0 radical (unpaired) electrons. The maximum atomic E-state index is 5.27. The van der Waals surface area contributed by atoms with Crippen LogP contribution >= 0.6 is 27.7 Å². The van der Waals surface area contributed by atoms with E-state index in [9.17, 15) is 0 Å². The molecule has 0 saturated heterocycles. The molecule has 0 N–H and O–H groups in total. The maximum absolute atomic E-state index is 5.27. The number of thioether (sulfide) groups is 1. The van der Waals surface area contributed by atoms with Gasteiger partial charge in [-0.15, -0.1) is 11.8 Å². The maximum Gasteiger partial charge on any atom is 0.128 e. The number of benzene rings is 1. The molecule has 0 aliphatic rings. The van der Waals surface area contributed by atoms with E-state index in [-0.39, 0.29) is 0 Å². The van der Waals surface area contributed by atoms with E-state index in [4.69, 9.17) is 4.74 Å². The first-order valence-electron chi connectivity index (χ1n) is 4.07. The monoisotopic (exact) mass is 273 g/mol. The van der Waals surface area contributed by atoms with Crippen molar-refractivity contribution in [3.63, 3.8) is 0 Å². The SMILES string of the molecule is CN=C(SC)c1cc(Br)ccc1OC. The summed E-state index contributed by atoms with van der Waals surface area (Å²) in [5, 5.41) is 0.975. The molecule has 0 amide bonds. The Morgan fingerprint density at radius 1 is 1.50 bits per heavy atom. The summed E-state index contributed by atoms with van der Waals surface area (Å²) in [7, 11) is 3.45. The Morgan fingerprint density at radius 3 is 2.71 bits per heavy atom. The van der Waals surface area contributed by atoms with Crippen LogP contribution in [-0.2, 0) is 0 Å². The normalized spacial score (nSPS) is 11.6. The third-order valence-corrected chi connectivity index (χ3v) is 3.07. The molecule has 0 aliphatic carbocycles. The standard InChI is InChI=1S/C10H12BrNOS/c1-12-10(14-3)8-6-7(11)4-5-9(8)13-2/h4-6H,1-3H3. The van der Waals surface area contributed by atoms with Gasteiger partial charge in [0.1, 0.15) is 10.8 Å². The summed E-state index contributed by atoms with van der Waals surface area (Å²) in [4.78, 5) is 4.21. The molecule has 0 heterocycles. The Hall–Kier alpha value is -0.480. The van der Waals surface area contributed by atoms with Crippen molar-refractivity contribution in [2.75, 3.05) is 20.4 Å². The van der Waals surface area contributed by atoms with E-state index in [2.05, 4.69) is 20.9 Å². The van der Waals surface area contributed by atoms with E-state index in [1.807, 2.05) is 24.5 Å². The molecule has 0 fully saturated rings. The molecule has 2 nitrogen and oxygen atoms in total. The molecule has 1 rings (SSSR count). The number of hydrogen-bond donors (Lipinski definition) is 0. The summed E-state index contributed by atoms with van der Waals surface area (Å²) in [5.41, 5.74) is 1.02. The largest absolute Gasteiger partial charge is 0.496 e. The van der Waals surface area contributed by atoms with E-state index >= 15 is 0 Å². The lowest BCUT2D eigenvalue weighted by Gasteiger charge is -2.09. The zero-order valence-corrected chi connectivity index (χ0v) is 10.8. The van der Waals surface area contributed by atoms with Gasteiger partial charge in [-0.2, -0.15) is 0 Å². The number of ether oxygens (including phenoxy) is 1. The lowest BCUT2D eigenvalue weighted by atomic mass is 10.2. The minimum absolute atomic E-state index is 0.850. The van der Waals surface area contributed by atoms with E-state index < -0.39 is 0 Å². The predicted molar refractivity (Wildman–Crippen MR) is 66.7 cm³/mol. The van der Waals surface area contributed by atoms with Crippen molar-refractivity contribution in [3.8, 4) is 5.75 Å². The van der Waals surface area contributed by atoms with Crippen LogP contribution in [0, 0.1) is 0 Å². The zero-order valence-electron chi connectivity index (χ0n) is 8.37. The van der Waals surface area contributed by atoms with Gasteiger partial charge in [0.25, 0.3) is 0 Å². The molecule has 1 aromatic rings. The van der Waals surface area contributed by atoms with Gasteiger partial charge in [-0.05, 0) is 24.5 Å². The molecule has 4 heteroatoms. The fourth-order valence-electron chi connectivity index (χ4n) is 1.17. The second-order valence-corrected chi connectivity index (χ2v) is 4.29. The lowest BCUT2D eigenvalue weighted by molar-refractivity contribution is 0.414. The van der Waals surface area contributed by atoms with Gasteiger partial charge in [0.15, 0.2) is 0 Å². The molecule has 0 spiro atoms. The van der Waals surface area contributed by atoms with Gasteiger partial charge in [-0.1, -0.05) is 15.9 Å². The Morgan fingerprint density at radius 2 is 2.21 bits per heavy atom. The van der Waals surface area contributed by atoms with Crippen molar-refractivity contribution in [1.82, 2.24) is 0 Å². The molecule has 0 saturated carbocycles. The highest BCUT2D eigenvalue weighted by molar-refractivity contribution is 9.10. The van der Waals surface area contributed by atoms with Gasteiger partial charge in [-0.3, -0.25) is 4.99 Å². The number of halogens is 1. The Labute approximate surface area is 96.9 Å². The highest BCUT2D eigenvalue weighted by Crippen LogP contribution is 2.26. The summed E-state index contributed by atoms with van der Waals surface area (Å²) in [6.45, 7) is 0. The van der Waals surface area contributed by atoms with E-state index in [1.54, 1.807) is 25.9 Å². The summed E-state index contributed by atoms with van der Waals surface area (Å²) in [6.07, 6.45) is 2.00. The lowest BCUT2D eigenvalue weighted by Crippen LogP contribution is -1.98. The first kappa shape index (κ1) is 11.6. The van der Waals surface area contributed by atoms with Crippen LogP contribution in [0.2, 0.25) is 0 Å². The van der Waals surface area contributed by atoms with E-state index in [1.165, 1.54) is 0 Å². The van der Waals surface area contributed by atoms with Crippen LogP contribution in [0.5, 0.6) is 5.75 Å². The quantitative estimate of drug-likeness (QED) is 0.610. The van der Waals surface area contributed by atoms with Gasteiger partial charge in [0, 0.05) is 17.1 Å². The van der Waals surface area contributed by atoms with Crippen molar-refractivity contribution < 1.29 is 4.74 Å². The van der Waals surface area contributed by atoms with E-state index in [0.29, 0.717) is 0 Å². The summed E-state index contributed by atoms with van der Waals surface area (Å²) >= 11 is 5.04. The third-order valence-electron chi connectivity index (χ3n) is 1.79. The molecule has 76 valence electrons. The Kier molecular flexibility index (Phi) is 4.48. The van der Waals surface area contributed by atoms with Crippen LogP contribution in [0.25, 0.3) is 0 Å². The molecule has 0 aliphatic heterocycles. The smallest absolute Gasteiger partial charge is 0.128 e. The minimum atomic E-state index is 0.850. The Balaban J connectivity index is 3.22. The van der Waals surface area contributed by atoms with Crippen molar-refractivity contribution in [2.45, 2.75) is 0 Å². The molecule has 0 bridgehead atoms. The van der Waals surface area contributed by atoms with E-state index in [0.717, 1.165) is 20.8 Å². The molecular formula is C10H12BrNOS. The van der Waals surface area contributed by atoms with Gasteiger partial charge in [0.05, 0.1) is 7.11 Å². The Bertz CT molecular complexity index is 352. The first-order chi connectivity index (χ1) is 6.72. The van der Waals surface area contributed by atoms with Crippen LogP contribution in [0.4, 0.5) is 0 Å². The van der Waals surface area contributed by atoms with Crippen LogP contribution < -0.4 is 4.74 Å². The first-order valence-corrected chi connectivity index (χ1v) is 6.09. The highest BCUT2D eigenvalue weighted by Gasteiger charge is 2.08. The van der Waals surface area contributed by atoms with Crippen molar-refractivity contribution >= 4 is 32.7 Å². The van der Waals surface area contributed by atoms with Crippen LogP contribution in [0.1, 0.15) is 5.56 Å². The number of nitrogens with zero attached hydrogens (tertiary/aromatic N) is 1. The van der Waals surface area contributed by atoms with Gasteiger partial charge < -0.3 is 4.74 Å². The zero-order chi connectivity index (χ0) is 10.6. The molecule has 0 aromatic heterocycles. The average Bonchev–Trinajstić information content (AvgIpc) is 2.20.